The summed E-state index contributed by atoms with van der Waals surface area (Å²) in [5.74, 6) is 1.03. The van der Waals surface area contributed by atoms with Crippen LogP contribution in [0.1, 0.15) is 5.56 Å². The SMILES string of the molecule is O=[N+]([O-])c1ccc(CN2CCN(c3ccccn3)CC2)cc1. The van der Waals surface area contributed by atoms with Crippen LogP contribution in [-0.2, 0) is 6.54 Å². The first-order valence-corrected chi connectivity index (χ1v) is 7.34. The molecule has 0 aliphatic carbocycles. The van der Waals surface area contributed by atoms with Crippen molar-refractivity contribution in [3.05, 3.63) is 64.3 Å². The lowest BCUT2D eigenvalue weighted by Gasteiger charge is -2.35. The molecule has 0 amide bonds. The second-order valence-electron chi connectivity index (χ2n) is 5.37. The summed E-state index contributed by atoms with van der Waals surface area (Å²) in [7, 11) is 0. The van der Waals surface area contributed by atoms with Crippen LogP contribution in [0.15, 0.2) is 48.7 Å². The minimum Gasteiger partial charge on any atom is -0.354 e. The van der Waals surface area contributed by atoms with E-state index in [0.717, 1.165) is 44.1 Å². The zero-order chi connectivity index (χ0) is 15.4. The van der Waals surface area contributed by atoms with Crippen LogP contribution in [0.2, 0.25) is 0 Å². The number of anilines is 1. The summed E-state index contributed by atoms with van der Waals surface area (Å²) in [6, 6.07) is 12.8. The van der Waals surface area contributed by atoms with Gasteiger partial charge in [0.1, 0.15) is 5.82 Å². The van der Waals surface area contributed by atoms with E-state index in [1.807, 2.05) is 36.5 Å². The van der Waals surface area contributed by atoms with Gasteiger partial charge in [0, 0.05) is 51.1 Å². The lowest BCUT2D eigenvalue weighted by atomic mass is 10.2. The molecule has 2 aromatic rings. The molecule has 1 aromatic carbocycles. The highest BCUT2D eigenvalue weighted by molar-refractivity contribution is 5.38. The number of hydrogen-bond acceptors (Lipinski definition) is 5. The maximum atomic E-state index is 10.7. The molecule has 1 aromatic heterocycles. The number of rotatable bonds is 4. The number of aromatic nitrogens is 1. The molecule has 0 unspecified atom stereocenters. The van der Waals surface area contributed by atoms with Gasteiger partial charge in [0.25, 0.3) is 5.69 Å². The van der Waals surface area contributed by atoms with E-state index in [1.165, 1.54) is 0 Å². The fourth-order valence-electron chi connectivity index (χ4n) is 2.66. The van der Waals surface area contributed by atoms with Gasteiger partial charge in [-0.2, -0.15) is 0 Å². The number of nitro groups is 1. The molecule has 1 saturated heterocycles. The van der Waals surface area contributed by atoms with Crippen molar-refractivity contribution in [2.75, 3.05) is 31.1 Å². The number of piperazine rings is 1. The van der Waals surface area contributed by atoms with Crippen LogP contribution in [0, 0.1) is 10.1 Å². The van der Waals surface area contributed by atoms with E-state index in [9.17, 15) is 10.1 Å². The Labute approximate surface area is 129 Å². The van der Waals surface area contributed by atoms with E-state index in [-0.39, 0.29) is 10.6 Å². The number of nitrogens with zero attached hydrogens (tertiary/aromatic N) is 4. The third-order valence-electron chi connectivity index (χ3n) is 3.90. The van der Waals surface area contributed by atoms with Gasteiger partial charge in [-0.15, -0.1) is 0 Å². The number of benzene rings is 1. The summed E-state index contributed by atoms with van der Waals surface area (Å²) in [5.41, 5.74) is 1.25. The van der Waals surface area contributed by atoms with Crippen LogP contribution in [0.4, 0.5) is 11.5 Å². The van der Waals surface area contributed by atoms with Crippen molar-refractivity contribution in [2.24, 2.45) is 0 Å². The summed E-state index contributed by atoms with van der Waals surface area (Å²) in [6.45, 7) is 4.66. The summed E-state index contributed by atoms with van der Waals surface area (Å²) < 4.78 is 0. The van der Waals surface area contributed by atoms with Gasteiger partial charge in [-0.05, 0) is 17.7 Å². The van der Waals surface area contributed by atoms with Crippen LogP contribution in [0.25, 0.3) is 0 Å². The van der Waals surface area contributed by atoms with Crippen LogP contribution in [0.3, 0.4) is 0 Å². The molecule has 0 radical (unpaired) electrons. The minimum atomic E-state index is -0.366. The maximum Gasteiger partial charge on any atom is 0.269 e. The minimum absolute atomic E-state index is 0.142. The molecule has 0 bridgehead atoms. The molecule has 2 heterocycles. The van der Waals surface area contributed by atoms with Crippen LogP contribution < -0.4 is 4.90 Å². The smallest absolute Gasteiger partial charge is 0.269 e. The van der Waals surface area contributed by atoms with Crippen molar-refractivity contribution in [2.45, 2.75) is 6.54 Å². The molecule has 6 heteroatoms. The summed E-state index contributed by atoms with van der Waals surface area (Å²) in [4.78, 5) is 19.3. The number of pyridine rings is 1. The molecule has 22 heavy (non-hydrogen) atoms. The van der Waals surface area contributed by atoms with Crippen molar-refractivity contribution < 1.29 is 4.92 Å². The Morgan fingerprint density at radius 1 is 1.05 bits per heavy atom. The van der Waals surface area contributed by atoms with Crippen LogP contribution >= 0.6 is 0 Å². The van der Waals surface area contributed by atoms with E-state index in [4.69, 9.17) is 0 Å². The molecule has 1 fully saturated rings. The quantitative estimate of drug-likeness (QED) is 0.640. The van der Waals surface area contributed by atoms with Gasteiger partial charge in [-0.25, -0.2) is 4.98 Å². The number of non-ortho nitro benzene ring substituents is 1. The fourth-order valence-corrected chi connectivity index (χ4v) is 2.66. The van der Waals surface area contributed by atoms with E-state index in [2.05, 4.69) is 14.8 Å². The first-order valence-electron chi connectivity index (χ1n) is 7.34. The largest absolute Gasteiger partial charge is 0.354 e. The zero-order valence-electron chi connectivity index (χ0n) is 12.3. The predicted molar refractivity (Wildman–Crippen MR) is 84.8 cm³/mol. The lowest BCUT2D eigenvalue weighted by molar-refractivity contribution is -0.384. The lowest BCUT2D eigenvalue weighted by Crippen LogP contribution is -2.46. The highest BCUT2D eigenvalue weighted by Crippen LogP contribution is 2.16. The van der Waals surface area contributed by atoms with E-state index >= 15 is 0 Å². The normalized spacial score (nSPS) is 15.7. The van der Waals surface area contributed by atoms with Crippen molar-refractivity contribution in [3.63, 3.8) is 0 Å². The Morgan fingerprint density at radius 2 is 1.77 bits per heavy atom. The molecule has 114 valence electrons. The predicted octanol–water partition coefficient (Wildman–Crippen LogP) is 2.31. The second-order valence-corrected chi connectivity index (χ2v) is 5.37. The standard InChI is InChI=1S/C16H18N4O2/c21-20(22)15-6-4-14(5-7-15)13-18-9-11-19(12-10-18)16-3-1-2-8-17-16/h1-8H,9-13H2. The monoisotopic (exact) mass is 298 g/mol. The Bertz CT molecular complexity index is 622. The molecule has 0 saturated carbocycles. The molecular weight excluding hydrogens is 280 g/mol. The Kier molecular flexibility index (Phi) is 4.29. The fraction of sp³-hybridized carbons (Fsp3) is 0.312. The number of nitro benzene ring substituents is 1. The van der Waals surface area contributed by atoms with Crippen molar-refractivity contribution >= 4 is 11.5 Å². The van der Waals surface area contributed by atoms with E-state index in [1.54, 1.807) is 12.1 Å². The molecule has 3 rings (SSSR count). The molecule has 1 aliphatic rings. The summed E-state index contributed by atoms with van der Waals surface area (Å²) in [5, 5.41) is 10.7. The van der Waals surface area contributed by atoms with Gasteiger partial charge in [0.05, 0.1) is 4.92 Å². The highest BCUT2D eigenvalue weighted by Gasteiger charge is 2.18. The topological polar surface area (TPSA) is 62.5 Å². The van der Waals surface area contributed by atoms with Crippen molar-refractivity contribution in [1.82, 2.24) is 9.88 Å². The maximum absolute atomic E-state index is 10.7. The Morgan fingerprint density at radius 3 is 2.36 bits per heavy atom. The first kappa shape index (κ1) is 14.5. The number of hydrogen-bond donors (Lipinski definition) is 0. The van der Waals surface area contributed by atoms with Gasteiger partial charge in [0.15, 0.2) is 0 Å². The average molecular weight is 298 g/mol. The highest BCUT2D eigenvalue weighted by atomic mass is 16.6. The summed E-state index contributed by atoms with van der Waals surface area (Å²) >= 11 is 0. The van der Waals surface area contributed by atoms with Crippen LogP contribution in [-0.4, -0.2) is 41.0 Å². The van der Waals surface area contributed by atoms with Gasteiger partial charge < -0.3 is 4.90 Å². The van der Waals surface area contributed by atoms with Crippen molar-refractivity contribution in [3.8, 4) is 0 Å². The molecule has 0 N–H and O–H groups in total. The Hall–Kier alpha value is -2.47. The van der Waals surface area contributed by atoms with E-state index in [0.29, 0.717) is 0 Å². The second kappa shape index (κ2) is 6.53. The van der Waals surface area contributed by atoms with Gasteiger partial charge in [0.2, 0.25) is 0 Å². The van der Waals surface area contributed by atoms with E-state index < -0.39 is 0 Å². The van der Waals surface area contributed by atoms with Gasteiger partial charge >= 0.3 is 0 Å². The van der Waals surface area contributed by atoms with Gasteiger partial charge in [-0.3, -0.25) is 15.0 Å². The molecular formula is C16H18N4O2. The molecule has 0 spiro atoms. The first-order chi connectivity index (χ1) is 10.7. The van der Waals surface area contributed by atoms with Gasteiger partial charge in [-0.1, -0.05) is 18.2 Å². The Balaban J connectivity index is 1.54. The summed E-state index contributed by atoms with van der Waals surface area (Å²) in [6.07, 6.45) is 1.82. The van der Waals surface area contributed by atoms with Crippen LogP contribution in [0.5, 0.6) is 0 Å². The average Bonchev–Trinajstić information content (AvgIpc) is 2.57. The third-order valence-corrected chi connectivity index (χ3v) is 3.90. The van der Waals surface area contributed by atoms with Crippen molar-refractivity contribution in [1.29, 1.82) is 0 Å². The third kappa shape index (κ3) is 3.40. The molecule has 1 aliphatic heterocycles. The molecule has 0 atom stereocenters. The zero-order valence-corrected chi connectivity index (χ0v) is 12.3. The molecule has 6 nitrogen and oxygen atoms in total.